The maximum atomic E-state index is 11.9. The van der Waals surface area contributed by atoms with Gasteiger partial charge in [0, 0.05) is 49.5 Å². The second kappa shape index (κ2) is 12.0. The van der Waals surface area contributed by atoms with Gasteiger partial charge in [-0.15, -0.1) is 0 Å². The summed E-state index contributed by atoms with van der Waals surface area (Å²) in [6.45, 7) is 4.13. The topological polar surface area (TPSA) is 77.9 Å². The molecule has 7 nitrogen and oxygen atoms in total. The van der Waals surface area contributed by atoms with Crippen molar-refractivity contribution in [1.29, 1.82) is 0 Å². The molecule has 1 fully saturated rings. The molecule has 2 heterocycles. The van der Waals surface area contributed by atoms with Crippen molar-refractivity contribution < 1.29 is 14.6 Å². The van der Waals surface area contributed by atoms with Gasteiger partial charge in [0.25, 0.3) is 5.91 Å². The molecule has 1 aromatic heterocycles. The second-order valence-corrected chi connectivity index (χ2v) is 10.6. The number of methoxy groups -OCH3 is 1. The Bertz CT molecular complexity index is 1240. The number of pyridine rings is 1. The van der Waals surface area contributed by atoms with E-state index in [-0.39, 0.29) is 18.6 Å². The van der Waals surface area contributed by atoms with E-state index < -0.39 is 5.60 Å². The van der Waals surface area contributed by atoms with Crippen molar-refractivity contribution in [2.75, 3.05) is 50.1 Å². The number of hydrogen-bond donors (Lipinski definition) is 2. The Morgan fingerprint density at radius 2 is 1.84 bits per heavy atom. The molecule has 2 atom stereocenters. The molecule has 0 saturated carbocycles. The number of β-amino-alcohol motifs (C(OH)–C–C–N with tert-alkyl or cyclic N) is 1. The normalized spacial score (nSPS) is 17.9. The molecule has 196 valence electrons. The van der Waals surface area contributed by atoms with E-state index in [0.29, 0.717) is 52.6 Å². The maximum Gasteiger partial charge on any atom is 0.251 e. The minimum absolute atomic E-state index is 0.0261. The third kappa shape index (κ3) is 6.93. The summed E-state index contributed by atoms with van der Waals surface area (Å²) in [6, 6.07) is 16.7. The summed E-state index contributed by atoms with van der Waals surface area (Å²) in [6.07, 6.45) is 1.57. The van der Waals surface area contributed by atoms with Gasteiger partial charge in [0.1, 0.15) is 12.4 Å². The molecule has 4 rings (SSSR count). The molecular weight excluding hydrogens is 535 g/mol. The summed E-state index contributed by atoms with van der Waals surface area (Å²) in [4.78, 5) is 20.6. The van der Waals surface area contributed by atoms with Crippen LogP contribution in [0.5, 0.6) is 0 Å². The Morgan fingerprint density at radius 1 is 1.11 bits per heavy atom. The fourth-order valence-corrected chi connectivity index (χ4v) is 5.27. The van der Waals surface area contributed by atoms with E-state index in [1.165, 1.54) is 7.11 Å². The van der Waals surface area contributed by atoms with Crippen molar-refractivity contribution in [3.8, 4) is 0 Å². The highest BCUT2D eigenvalue weighted by Crippen LogP contribution is 2.37. The molecule has 0 radical (unpaired) electrons. The predicted octanol–water partition coefficient (Wildman–Crippen LogP) is 5.40. The van der Waals surface area contributed by atoms with Crippen LogP contribution in [-0.4, -0.2) is 60.8 Å². The van der Waals surface area contributed by atoms with Gasteiger partial charge >= 0.3 is 0 Å². The molecule has 0 spiro atoms. The smallest absolute Gasteiger partial charge is 0.251 e. The number of ether oxygens (including phenoxy) is 1. The van der Waals surface area contributed by atoms with E-state index in [1.807, 2.05) is 36.4 Å². The van der Waals surface area contributed by atoms with Crippen molar-refractivity contribution in [1.82, 2.24) is 9.88 Å². The maximum absolute atomic E-state index is 11.9. The Labute approximate surface area is 231 Å². The lowest BCUT2D eigenvalue weighted by Crippen LogP contribution is -2.52. The van der Waals surface area contributed by atoms with Crippen LogP contribution in [0.4, 0.5) is 11.5 Å². The van der Waals surface area contributed by atoms with E-state index in [1.54, 1.807) is 31.3 Å². The molecule has 1 saturated heterocycles. The van der Waals surface area contributed by atoms with Crippen LogP contribution in [0, 0.1) is 0 Å². The van der Waals surface area contributed by atoms with E-state index >= 15 is 0 Å². The Balaban J connectivity index is 1.56. The van der Waals surface area contributed by atoms with Crippen LogP contribution in [0.15, 0.2) is 60.8 Å². The van der Waals surface area contributed by atoms with Gasteiger partial charge in [-0.2, -0.15) is 0 Å². The number of carbonyl (C=O) groups excluding carboxylic acids is 1. The fraction of sp³-hybridized carbons (Fsp3) is 0.333. The molecule has 3 aromatic rings. The van der Waals surface area contributed by atoms with Gasteiger partial charge in [-0.1, -0.05) is 46.9 Å². The zero-order valence-corrected chi connectivity index (χ0v) is 22.9. The summed E-state index contributed by atoms with van der Waals surface area (Å²) < 4.78 is 4.86. The molecule has 37 heavy (non-hydrogen) atoms. The van der Waals surface area contributed by atoms with Crippen molar-refractivity contribution in [3.05, 3.63) is 87.0 Å². The highest BCUT2D eigenvalue weighted by Gasteiger charge is 2.34. The molecule has 1 aliphatic rings. The fourth-order valence-electron chi connectivity index (χ4n) is 4.63. The lowest BCUT2D eigenvalue weighted by molar-refractivity contribution is -0.119. The molecular formula is C27H29Cl3N4O3. The number of rotatable bonds is 8. The van der Waals surface area contributed by atoms with E-state index in [0.717, 1.165) is 11.3 Å². The third-order valence-electron chi connectivity index (χ3n) is 6.39. The van der Waals surface area contributed by atoms with Crippen LogP contribution < -0.4 is 10.2 Å². The van der Waals surface area contributed by atoms with Crippen LogP contribution in [0.25, 0.3) is 0 Å². The van der Waals surface area contributed by atoms with Crippen LogP contribution in [0.2, 0.25) is 15.1 Å². The lowest BCUT2D eigenvalue weighted by Gasteiger charge is -2.45. The van der Waals surface area contributed by atoms with Gasteiger partial charge in [-0.3, -0.25) is 9.69 Å². The van der Waals surface area contributed by atoms with Gasteiger partial charge < -0.3 is 20.1 Å². The highest BCUT2D eigenvalue weighted by atomic mass is 35.5. The van der Waals surface area contributed by atoms with Crippen LogP contribution in [-0.2, 0) is 15.1 Å². The quantitative estimate of drug-likeness (QED) is 0.382. The predicted molar refractivity (Wildman–Crippen MR) is 149 cm³/mol. The Morgan fingerprint density at radius 3 is 2.54 bits per heavy atom. The van der Waals surface area contributed by atoms with Crippen molar-refractivity contribution >= 4 is 52.2 Å². The molecule has 0 unspecified atom stereocenters. The zero-order valence-electron chi connectivity index (χ0n) is 20.6. The van der Waals surface area contributed by atoms with E-state index in [2.05, 4.69) is 20.1 Å². The SMILES string of the molecule is COCC(=O)Nc1cc([C@@](C)(O)CN2CCN(c3ccc(Cl)cc3Cl)[C@H](c3ccc(Cl)cc3)C2)ccn1. The van der Waals surface area contributed by atoms with Gasteiger partial charge in [0.05, 0.1) is 22.4 Å². The minimum Gasteiger partial charge on any atom is -0.384 e. The summed E-state index contributed by atoms with van der Waals surface area (Å²) in [5.41, 5.74) is 1.46. The standard InChI is InChI=1S/C27H29Cl3N4O3/c1-27(36,19-9-10-31-25(13-19)32-26(35)16-37-2)17-33-11-12-34(23-8-7-21(29)14-22(23)30)24(15-33)18-3-5-20(28)6-4-18/h3-10,13-14,24,36H,11-12,15-17H2,1-2H3,(H,31,32,35)/t24-,27-/m0/s1. The molecule has 2 N–H and O–H groups in total. The van der Waals surface area contributed by atoms with Crippen LogP contribution >= 0.6 is 34.8 Å². The number of halogens is 3. The first kappa shape index (κ1) is 27.6. The number of anilines is 2. The van der Waals surface area contributed by atoms with Gasteiger partial charge in [-0.05, 0) is 60.5 Å². The van der Waals surface area contributed by atoms with Crippen molar-refractivity contribution in [2.45, 2.75) is 18.6 Å². The number of nitrogens with zero attached hydrogens (tertiary/aromatic N) is 3. The average molecular weight is 564 g/mol. The summed E-state index contributed by atoms with van der Waals surface area (Å²) >= 11 is 18.9. The number of nitrogens with one attached hydrogen (secondary N) is 1. The molecule has 10 heteroatoms. The van der Waals surface area contributed by atoms with Crippen LogP contribution in [0.3, 0.4) is 0 Å². The molecule has 0 aliphatic carbocycles. The molecule has 2 aromatic carbocycles. The molecule has 1 aliphatic heterocycles. The largest absolute Gasteiger partial charge is 0.384 e. The number of carbonyl (C=O) groups is 1. The highest BCUT2D eigenvalue weighted by molar-refractivity contribution is 6.36. The first-order chi connectivity index (χ1) is 17.7. The summed E-state index contributed by atoms with van der Waals surface area (Å²) in [5, 5.41) is 16.0. The zero-order chi connectivity index (χ0) is 26.6. The summed E-state index contributed by atoms with van der Waals surface area (Å²) in [5.74, 6) is 0.0515. The number of benzene rings is 2. The minimum atomic E-state index is -1.19. The lowest BCUT2D eigenvalue weighted by atomic mass is 9.94. The Kier molecular flexibility index (Phi) is 8.95. The monoisotopic (exact) mass is 562 g/mol. The first-order valence-corrected chi connectivity index (χ1v) is 13.0. The number of aliphatic hydroxyl groups is 1. The number of hydrogen-bond acceptors (Lipinski definition) is 6. The number of piperazine rings is 1. The summed E-state index contributed by atoms with van der Waals surface area (Å²) in [7, 11) is 1.45. The number of aromatic nitrogens is 1. The van der Waals surface area contributed by atoms with Gasteiger partial charge in [-0.25, -0.2) is 4.98 Å². The van der Waals surface area contributed by atoms with Crippen LogP contribution in [0.1, 0.15) is 24.1 Å². The molecule has 1 amide bonds. The van der Waals surface area contributed by atoms with Crippen molar-refractivity contribution in [3.63, 3.8) is 0 Å². The van der Waals surface area contributed by atoms with Gasteiger partial charge in [0.2, 0.25) is 0 Å². The number of amides is 1. The third-order valence-corrected chi connectivity index (χ3v) is 7.18. The van der Waals surface area contributed by atoms with Crippen molar-refractivity contribution in [2.24, 2.45) is 0 Å². The molecule has 0 bridgehead atoms. The van der Waals surface area contributed by atoms with Gasteiger partial charge in [0.15, 0.2) is 0 Å². The average Bonchev–Trinajstić information content (AvgIpc) is 2.85. The van der Waals surface area contributed by atoms with E-state index in [4.69, 9.17) is 39.5 Å². The first-order valence-electron chi connectivity index (χ1n) is 11.8. The second-order valence-electron chi connectivity index (χ2n) is 9.28. The Hall–Kier alpha value is -2.39. The van der Waals surface area contributed by atoms with E-state index in [9.17, 15) is 9.90 Å².